The highest BCUT2D eigenvalue weighted by Crippen LogP contribution is 1.87. The summed E-state index contributed by atoms with van der Waals surface area (Å²) in [5.41, 5.74) is 0. The van der Waals surface area contributed by atoms with Crippen LogP contribution >= 0.6 is 15.9 Å². The third-order valence-corrected chi connectivity index (χ3v) is 0.679. The minimum Gasteiger partial charge on any atom is -0.254 e. The second kappa shape index (κ2) is 4.78. The van der Waals surface area contributed by atoms with Crippen LogP contribution in [0.3, 0.4) is 0 Å². The van der Waals surface area contributed by atoms with E-state index in [-0.39, 0.29) is 0 Å². The molecule has 8 heavy (non-hydrogen) atoms. The molecule has 0 fully saturated rings. The van der Waals surface area contributed by atoms with Crippen molar-refractivity contribution in [1.82, 2.24) is 0 Å². The van der Waals surface area contributed by atoms with Crippen molar-refractivity contribution in [3.8, 4) is 0 Å². The van der Waals surface area contributed by atoms with E-state index in [2.05, 4.69) is 27.5 Å². The highest BCUT2D eigenvalue weighted by Gasteiger charge is 1.70. The standard InChI is InChI=1S/C6H8BrN/c1-3-4-5-8-6(2)7/h3-5H,1H2,2H3/b5-4-,8-6?. The summed E-state index contributed by atoms with van der Waals surface area (Å²) in [5.74, 6) is 0. The summed E-state index contributed by atoms with van der Waals surface area (Å²) in [4.78, 5) is 3.90. The smallest absolute Gasteiger partial charge is 0.0798 e. The van der Waals surface area contributed by atoms with Gasteiger partial charge in [0.2, 0.25) is 0 Å². The van der Waals surface area contributed by atoms with Gasteiger partial charge in [-0.05, 0) is 28.9 Å². The topological polar surface area (TPSA) is 12.4 Å². The fraction of sp³-hybridized carbons (Fsp3) is 0.167. The third-order valence-electron chi connectivity index (χ3n) is 0.475. The highest BCUT2D eigenvalue weighted by molar-refractivity contribution is 9.18. The van der Waals surface area contributed by atoms with Crippen LogP contribution in [0.4, 0.5) is 0 Å². The molecular formula is C6H8BrN. The van der Waals surface area contributed by atoms with Crippen LogP contribution in [0, 0.1) is 0 Å². The molecule has 0 bridgehead atoms. The second-order valence-electron chi connectivity index (χ2n) is 1.20. The molecular weight excluding hydrogens is 166 g/mol. The van der Waals surface area contributed by atoms with Gasteiger partial charge in [0.25, 0.3) is 0 Å². The van der Waals surface area contributed by atoms with Gasteiger partial charge in [0, 0.05) is 6.20 Å². The molecule has 1 nitrogen and oxygen atoms in total. The second-order valence-corrected chi connectivity index (χ2v) is 2.35. The van der Waals surface area contributed by atoms with E-state index in [0.717, 1.165) is 4.62 Å². The van der Waals surface area contributed by atoms with Gasteiger partial charge < -0.3 is 0 Å². The maximum Gasteiger partial charge on any atom is 0.0798 e. The summed E-state index contributed by atoms with van der Waals surface area (Å²) >= 11 is 3.17. The zero-order valence-corrected chi connectivity index (χ0v) is 6.35. The summed E-state index contributed by atoms with van der Waals surface area (Å²) in [6, 6.07) is 0. The molecule has 0 heterocycles. The maximum atomic E-state index is 3.90. The minimum atomic E-state index is 0.871. The van der Waals surface area contributed by atoms with Crippen molar-refractivity contribution in [2.75, 3.05) is 0 Å². The first-order valence-corrected chi connectivity index (χ1v) is 3.04. The van der Waals surface area contributed by atoms with Crippen LogP contribution in [0.15, 0.2) is 29.9 Å². The molecule has 0 unspecified atom stereocenters. The molecule has 0 saturated carbocycles. The van der Waals surface area contributed by atoms with Crippen molar-refractivity contribution in [2.24, 2.45) is 4.99 Å². The molecule has 2 heteroatoms. The number of hydrogen-bond donors (Lipinski definition) is 0. The quantitative estimate of drug-likeness (QED) is 0.450. The first-order chi connectivity index (χ1) is 3.77. The lowest BCUT2D eigenvalue weighted by Crippen LogP contribution is -1.67. The number of hydrogen-bond acceptors (Lipinski definition) is 1. The van der Waals surface area contributed by atoms with Gasteiger partial charge in [0.1, 0.15) is 0 Å². The molecule has 0 rings (SSSR count). The monoisotopic (exact) mass is 173 g/mol. The Kier molecular flexibility index (Phi) is 4.56. The summed E-state index contributed by atoms with van der Waals surface area (Å²) in [6.07, 6.45) is 5.13. The van der Waals surface area contributed by atoms with Crippen LogP contribution < -0.4 is 0 Å². The molecule has 0 saturated heterocycles. The van der Waals surface area contributed by atoms with E-state index in [1.165, 1.54) is 0 Å². The van der Waals surface area contributed by atoms with E-state index in [0.29, 0.717) is 0 Å². The average Bonchev–Trinajstić information content (AvgIpc) is 1.66. The Bertz CT molecular complexity index is 120. The minimum absolute atomic E-state index is 0.871. The van der Waals surface area contributed by atoms with Gasteiger partial charge in [-0.3, -0.25) is 4.99 Å². The maximum absolute atomic E-state index is 3.90. The van der Waals surface area contributed by atoms with Gasteiger partial charge >= 0.3 is 0 Å². The Labute approximate surface area is 57.9 Å². The predicted octanol–water partition coefficient (Wildman–Crippen LogP) is 2.50. The molecule has 0 radical (unpaired) electrons. The van der Waals surface area contributed by atoms with Gasteiger partial charge in [-0.15, -0.1) is 0 Å². The van der Waals surface area contributed by atoms with E-state index in [9.17, 15) is 0 Å². The molecule has 0 aliphatic rings. The summed E-state index contributed by atoms with van der Waals surface area (Å²) in [6.45, 7) is 5.35. The van der Waals surface area contributed by atoms with Gasteiger partial charge in [0.15, 0.2) is 0 Å². The first-order valence-electron chi connectivity index (χ1n) is 2.25. The molecule has 0 aliphatic carbocycles. The van der Waals surface area contributed by atoms with E-state index < -0.39 is 0 Å². The van der Waals surface area contributed by atoms with Crippen LogP contribution in [-0.2, 0) is 0 Å². The molecule has 0 spiro atoms. The van der Waals surface area contributed by atoms with Crippen molar-refractivity contribution in [3.63, 3.8) is 0 Å². The number of halogens is 1. The highest BCUT2D eigenvalue weighted by atomic mass is 79.9. The Balaban J connectivity index is 3.57. The van der Waals surface area contributed by atoms with E-state index in [1.807, 2.05) is 6.92 Å². The lowest BCUT2D eigenvalue weighted by molar-refractivity contribution is 1.57. The molecule has 44 valence electrons. The summed E-state index contributed by atoms with van der Waals surface area (Å²) in [5, 5.41) is 0. The van der Waals surface area contributed by atoms with E-state index in [1.54, 1.807) is 18.4 Å². The van der Waals surface area contributed by atoms with Gasteiger partial charge in [0.05, 0.1) is 4.62 Å². The molecule has 0 aromatic heterocycles. The zero-order valence-electron chi connectivity index (χ0n) is 4.76. The summed E-state index contributed by atoms with van der Waals surface area (Å²) in [7, 11) is 0. The van der Waals surface area contributed by atoms with Crippen molar-refractivity contribution in [1.29, 1.82) is 0 Å². The number of allylic oxidation sites excluding steroid dienone is 2. The van der Waals surface area contributed by atoms with Gasteiger partial charge in [-0.25, -0.2) is 0 Å². The molecule has 0 atom stereocenters. The Hall–Kier alpha value is -0.370. The lowest BCUT2D eigenvalue weighted by Gasteiger charge is -1.76. The lowest BCUT2D eigenvalue weighted by atomic mass is 10.6. The fourth-order valence-corrected chi connectivity index (χ4v) is 0.325. The van der Waals surface area contributed by atoms with Crippen LogP contribution in [0.25, 0.3) is 0 Å². The van der Waals surface area contributed by atoms with E-state index in [4.69, 9.17) is 0 Å². The molecule has 0 amide bonds. The van der Waals surface area contributed by atoms with Gasteiger partial charge in [-0.1, -0.05) is 12.7 Å². The predicted molar refractivity (Wildman–Crippen MR) is 41.4 cm³/mol. The number of nitrogens with zero attached hydrogens (tertiary/aromatic N) is 1. The van der Waals surface area contributed by atoms with Crippen LogP contribution in [0.1, 0.15) is 6.92 Å². The summed E-state index contributed by atoms with van der Waals surface area (Å²) < 4.78 is 0.871. The number of rotatable bonds is 2. The Morgan fingerprint density at radius 2 is 2.38 bits per heavy atom. The van der Waals surface area contributed by atoms with Crippen LogP contribution in [0.2, 0.25) is 0 Å². The number of aliphatic imine (C=N–C) groups is 1. The molecule has 0 aliphatic heterocycles. The SMILES string of the molecule is C=C/C=C\N=C(C)Br. The Morgan fingerprint density at radius 3 is 2.75 bits per heavy atom. The van der Waals surface area contributed by atoms with E-state index >= 15 is 0 Å². The average molecular weight is 174 g/mol. The van der Waals surface area contributed by atoms with Crippen molar-refractivity contribution >= 4 is 20.6 Å². The molecule has 0 N–H and O–H groups in total. The van der Waals surface area contributed by atoms with Crippen molar-refractivity contribution in [2.45, 2.75) is 6.92 Å². The largest absolute Gasteiger partial charge is 0.254 e. The van der Waals surface area contributed by atoms with Gasteiger partial charge in [-0.2, -0.15) is 0 Å². The normalized spacial score (nSPS) is 12.5. The van der Waals surface area contributed by atoms with Crippen LogP contribution in [-0.4, -0.2) is 4.62 Å². The molecule has 0 aromatic rings. The fourth-order valence-electron chi connectivity index (χ4n) is 0.207. The Morgan fingerprint density at radius 1 is 1.75 bits per heavy atom. The van der Waals surface area contributed by atoms with Crippen molar-refractivity contribution in [3.05, 3.63) is 24.9 Å². The zero-order chi connectivity index (χ0) is 6.41. The molecule has 0 aromatic carbocycles. The third kappa shape index (κ3) is 5.63. The van der Waals surface area contributed by atoms with Crippen molar-refractivity contribution < 1.29 is 0 Å². The van der Waals surface area contributed by atoms with Crippen LogP contribution in [0.5, 0.6) is 0 Å². The first kappa shape index (κ1) is 7.63.